The van der Waals surface area contributed by atoms with Crippen LogP contribution in [0.1, 0.15) is 12.5 Å². The third-order valence-corrected chi connectivity index (χ3v) is 8.10. The fourth-order valence-electron chi connectivity index (χ4n) is 4.04. The van der Waals surface area contributed by atoms with Gasteiger partial charge in [-0.25, -0.2) is 22.8 Å². The van der Waals surface area contributed by atoms with E-state index in [0.29, 0.717) is 40.7 Å². The highest BCUT2D eigenvalue weighted by Gasteiger charge is 2.64. The van der Waals surface area contributed by atoms with E-state index in [1.807, 2.05) is 0 Å². The Hall–Kier alpha value is -3.63. The summed E-state index contributed by atoms with van der Waals surface area (Å²) in [4.78, 5) is 33.8. The summed E-state index contributed by atoms with van der Waals surface area (Å²) in [7, 11) is -5.82. The number of nitrogens with zero attached hydrogens (tertiary/aromatic N) is 3. The lowest BCUT2D eigenvalue weighted by Crippen LogP contribution is -2.57. The van der Waals surface area contributed by atoms with Crippen molar-refractivity contribution in [3.05, 3.63) is 66.4 Å². The van der Waals surface area contributed by atoms with Crippen LogP contribution in [0, 0.1) is 0 Å². The minimum absolute atomic E-state index is 0.215. The van der Waals surface area contributed by atoms with Crippen LogP contribution in [0.5, 0.6) is 0 Å². The second-order valence-electron chi connectivity index (χ2n) is 8.34. The maximum absolute atomic E-state index is 13.7. The zero-order valence-electron chi connectivity index (χ0n) is 19.5. The molecule has 1 aliphatic rings. The van der Waals surface area contributed by atoms with Crippen molar-refractivity contribution in [3.63, 3.8) is 0 Å². The largest absolute Gasteiger partial charge is 0.501 e. The van der Waals surface area contributed by atoms with Crippen molar-refractivity contribution < 1.29 is 49.2 Å². The number of urea groups is 1. The SMILES string of the molecule is CC1C(=S)[N+](OC(=O)C(F)(F)F)(c2ccc(S(=O)(=O)C(F)(F)F)cc2)C(=O)N1Cc1ccnc2ccccc12. The van der Waals surface area contributed by atoms with Crippen LogP contribution in [0.15, 0.2) is 65.7 Å². The Balaban J connectivity index is 1.83. The third-order valence-electron chi connectivity index (χ3n) is 6.00. The molecule has 2 amide bonds. The number of rotatable bonds is 5. The van der Waals surface area contributed by atoms with Gasteiger partial charge in [-0.15, -0.1) is 0 Å². The molecular weight excluding hydrogens is 576 g/mol. The molecule has 16 heteroatoms. The number of thiocarbonyl (C=S) groups is 1. The molecule has 0 saturated carbocycles. The van der Waals surface area contributed by atoms with E-state index in [1.54, 1.807) is 30.3 Å². The van der Waals surface area contributed by atoms with Crippen molar-refractivity contribution in [1.29, 1.82) is 0 Å². The van der Waals surface area contributed by atoms with Gasteiger partial charge in [0.2, 0.25) is 0 Å². The molecule has 0 radical (unpaired) electrons. The van der Waals surface area contributed by atoms with Gasteiger partial charge in [0.25, 0.3) is 14.8 Å². The van der Waals surface area contributed by atoms with E-state index in [-0.39, 0.29) is 6.54 Å². The maximum Gasteiger partial charge on any atom is 0.501 e. The first-order valence-electron chi connectivity index (χ1n) is 10.8. The number of aromatic nitrogens is 1. The summed E-state index contributed by atoms with van der Waals surface area (Å²) in [5.41, 5.74) is -5.20. The molecule has 2 aromatic carbocycles. The Labute approximate surface area is 221 Å². The van der Waals surface area contributed by atoms with Gasteiger partial charge in [-0.05, 0) is 49.0 Å². The van der Waals surface area contributed by atoms with Gasteiger partial charge in [0.1, 0.15) is 6.04 Å². The first-order valence-corrected chi connectivity index (χ1v) is 12.7. The minimum atomic E-state index is -5.82. The molecule has 1 aliphatic heterocycles. The molecule has 0 spiro atoms. The lowest BCUT2D eigenvalue weighted by atomic mass is 10.1. The van der Waals surface area contributed by atoms with E-state index in [9.17, 15) is 44.3 Å². The molecule has 2 atom stereocenters. The Bertz CT molecular complexity index is 1590. The average molecular weight is 593 g/mol. The van der Waals surface area contributed by atoms with Gasteiger partial charge in [0.15, 0.2) is 5.69 Å². The average Bonchev–Trinajstić information content (AvgIpc) is 3.04. The molecule has 0 aliphatic carbocycles. The number of fused-ring (bicyclic) bond motifs is 1. The van der Waals surface area contributed by atoms with Crippen LogP contribution in [0.25, 0.3) is 10.9 Å². The van der Waals surface area contributed by atoms with Crippen molar-refractivity contribution >= 4 is 55.6 Å². The van der Waals surface area contributed by atoms with Crippen LogP contribution in [0.4, 0.5) is 36.8 Å². The maximum atomic E-state index is 13.7. The quantitative estimate of drug-likeness (QED) is 0.228. The van der Waals surface area contributed by atoms with E-state index >= 15 is 0 Å². The second-order valence-corrected chi connectivity index (χ2v) is 10.7. The highest BCUT2D eigenvalue weighted by Crippen LogP contribution is 2.39. The van der Waals surface area contributed by atoms with Gasteiger partial charge < -0.3 is 0 Å². The predicted octanol–water partition coefficient (Wildman–Crippen LogP) is 5.21. The van der Waals surface area contributed by atoms with Crippen molar-refractivity contribution in [1.82, 2.24) is 14.5 Å². The molecule has 206 valence electrons. The van der Waals surface area contributed by atoms with Crippen LogP contribution in [-0.2, 0) is 26.0 Å². The van der Waals surface area contributed by atoms with Gasteiger partial charge in [-0.3, -0.25) is 9.88 Å². The summed E-state index contributed by atoms with van der Waals surface area (Å²) < 4.78 is 100. The highest BCUT2D eigenvalue weighted by atomic mass is 32.2. The summed E-state index contributed by atoms with van der Waals surface area (Å²) in [5.74, 6) is -2.80. The number of hydrogen-bond acceptors (Lipinski definition) is 7. The van der Waals surface area contributed by atoms with Crippen LogP contribution < -0.4 is 4.65 Å². The van der Waals surface area contributed by atoms with Crippen LogP contribution in [-0.4, -0.2) is 53.0 Å². The molecular formula is C23H16F6N3O5S2+. The fourth-order valence-corrected chi connectivity index (χ4v) is 5.15. The number of alkyl halides is 6. The molecule has 1 saturated heterocycles. The number of halogens is 6. The van der Waals surface area contributed by atoms with E-state index < -0.39 is 59.8 Å². The number of carbonyl (C=O) groups is 2. The number of amides is 2. The Morgan fingerprint density at radius 3 is 2.26 bits per heavy atom. The number of para-hydroxylation sites is 1. The molecule has 0 bridgehead atoms. The topological polar surface area (TPSA) is 93.6 Å². The first-order chi connectivity index (χ1) is 18.0. The van der Waals surface area contributed by atoms with Crippen molar-refractivity contribution in [3.8, 4) is 0 Å². The number of benzene rings is 2. The second kappa shape index (κ2) is 9.53. The molecule has 1 fully saturated rings. The van der Waals surface area contributed by atoms with Gasteiger partial charge in [-0.1, -0.05) is 18.2 Å². The zero-order chi connectivity index (χ0) is 29.0. The van der Waals surface area contributed by atoms with Crippen molar-refractivity contribution in [2.45, 2.75) is 36.1 Å². The number of pyridine rings is 1. The molecule has 1 aromatic heterocycles. The predicted molar refractivity (Wildman–Crippen MR) is 128 cm³/mol. The van der Waals surface area contributed by atoms with Crippen LogP contribution >= 0.6 is 12.2 Å². The minimum Gasteiger partial charge on any atom is -0.271 e. The van der Waals surface area contributed by atoms with Crippen molar-refractivity contribution in [2.24, 2.45) is 0 Å². The number of hydroxylamine groups is 2. The lowest BCUT2D eigenvalue weighted by Gasteiger charge is -2.26. The van der Waals surface area contributed by atoms with Gasteiger partial charge >= 0.3 is 23.7 Å². The number of hydrogen-bond donors (Lipinski definition) is 0. The monoisotopic (exact) mass is 592 g/mol. The lowest BCUT2D eigenvalue weighted by molar-refractivity contribution is -0.216. The first kappa shape index (κ1) is 28.4. The molecule has 39 heavy (non-hydrogen) atoms. The summed E-state index contributed by atoms with van der Waals surface area (Å²) in [6, 6.07) is 8.14. The summed E-state index contributed by atoms with van der Waals surface area (Å²) in [6.45, 7) is 1.15. The van der Waals surface area contributed by atoms with E-state index in [0.717, 1.165) is 4.90 Å². The van der Waals surface area contributed by atoms with E-state index in [4.69, 9.17) is 12.2 Å². The number of sulfone groups is 1. The number of carbonyl (C=O) groups excluding carboxylic acids is 2. The van der Waals surface area contributed by atoms with E-state index in [2.05, 4.69) is 9.82 Å². The van der Waals surface area contributed by atoms with Crippen molar-refractivity contribution in [2.75, 3.05) is 0 Å². The highest BCUT2D eigenvalue weighted by molar-refractivity contribution is 7.92. The van der Waals surface area contributed by atoms with Crippen LogP contribution in [0.2, 0.25) is 0 Å². The summed E-state index contributed by atoms with van der Waals surface area (Å²) in [5, 5.41) is 0.616. The Kier molecular flexibility index (Phi) is 6.94. The Morgan fingerprint density at radius 2 is 1.67 bits per heavy atom. The molecule has 8 nitrogen and oxygen atoms in total. The molecule has 2 unspecified atom stereocenters. The Morgan fingerprint density at radius 1 is 1.05 bits per heavy atom. The van der Waals surface area contributed by atoms with Gasteiger partial charge in [-0.2, -0.15) is 26.3 Å². The molecule has 2 heterocycles. The standard InChI is InChI=1S/C23H16F6N3O5S2/c1-13-19(38)32(37-20(33)22(24,25)26,15-6-8-16(9-7-15)39(35,36)23(27,28)29)21(34)31(13)12-14-10-11-30-18-5-3-2-4-17(14)18/h2-11,13H,12H2,1H3/q+1. The van der Waals surface area contributed by atoms with Gasteiger partial charge in [0, 0.05) is 28.4 Å². The molecule has 0 N–H and O–H groups in total. The van der Waals surface area contributed by atoms with Gasteiger partial charge in [0.05, 0.1) is 17.0 Å². The zero-order valence-corrected chi connectivity index (χ0v) is 21.2. The normalized spacial score (nSPS) is 20.5. The smallest absolute Gasteiger partial charge is 0.271 e. The summed E-state index contributed by atoms with van der Waals surface area (Å²) >= 11 is 5.28. The number of quaternary nitrogens is 1. The molecule has 3 aromatic rings. The fraction of sp³-hybridized carbons (Fsp3) is 0.217. The van der Waals surface area contributed by atoms with Crippen LogP contribution in [0.3, 0.4) is 0 Å². The van der Waals surface area contributed by atoms with E-state index in [1.165, 1.54) is 13.1 Å². The summed E-state index contributed by atoms with van der Waals surface area (Å²) in [6.07, 6.45) is -4.12. The molecule has 4 rings (SSSR count). The third kappa shape index (κ3) is 4.72.